The van der Waals surface area contributed by atoms with E-state index in [1.807, 2.05) is 31.3 Å². The third-order valence-corrected chi connectivity index (χ3v) is 3.45. The summed E-state index contributed by atoms with van der Waals surface area (Å²) < 4.78 is 7.10. The normalized spacial score (nSPS) is 10.7. The maximum Gasteiger partial charge on any atom is 0.226 e. The van der Waals surface area contributed by atoms with Crippen LogP contribution in [0.5, 0.6) is 5.75 Å². The molecule has 3 aromatic rings. The quantitative estimate of drug-likeness (QED) is 0.750. The molecule has 0 fully saturated rings. The zero-order valence-corrected chi connectivity index (χ0v) is 12.8. The fourth-order valence-electron chi connectivity index (χ4n) is 2.30. The largest absolute Gasteiger partial charge is 0.496 e. The van der Waals surface area contributed by atoms with Gasteiger partial charge in [0.2, 0.25) is 5.95 Å². The van der Waals surface area contributed by atoms with Crippen molar-refractivity contribution in [1.82, 2.24) is 19.7 Å². The predicted molar refractivity (Wildman–Crippen MR) is 86.2 cm³/mol. The van der Waals surface area contributed by atoms with Gasteiger partial charge in [-0.25, -0.2) is 0 Å². The lowest BCUT2D eigenvalue weighted by atomic mass is 10.2. The summed E-state index contributed by atoms with van der Waals surface area (Å²) >= 11 is 0. The van der Waals surface area contributed by atoms with Crippen molar-refractivity contribution >= 4 is 22.8 Å². The number of anilines is 2. The van der Waals surface area contributed by atoms with Crippen LogP contribution < -0.4 is 15.4 Å². The molecule has 0 aliphatic carbocycles. The van der Waals surface area contributed by atoms with E-state index >= 15 is 0 Å². The number of para-hydroxylation sites is 1. The van der Waals surface area contributed by atoms with E-state index in [0.29, 0.717) is 12.5 Å². The average molecular weight is 298 g/mol. The summed E-state index contributed by atoms with van der Waals surface area (Å²) in [5, 5.41) is 11.4. The lowest BCUT2D eigenvalue weighted by Gasteiger charge is -2.11. The van der Waals surface area contributed by atoms with Gasteiger partial charge in [-0.15, -0.1) is 0 Å². The van der Waals surface area contributed by atoms with Crippen molar-refractivity contribution in [1.29, 1.82) is 0 Å². The highest BCUT2D eigenvalue weighted by Crippen LogP contribution is 2.23. The summed E-state index contributed by atoms with van der Waals surface area (Å²) in [6, 6.07) is 7.89. The molecule has 22 heavy (non-hydrogen) atoms. The molecule has 1 aromatic carbocycles. The summed E-state index contributed by atoms with van der Waals surface area (Å²) in [6.07, 6.45) is 1.76. The van der Waals surface area contributed by atoms with E-state index in [0.717, 1.165) is 28.2 Å². The number of hydrogen-bond acceptors (Lipinski definition) is 6. The molecule has 0 aliphatic rings. The number of nitrogens with zero attached hydrogens (tertiary/aromatic N) is 4. The van der Waals surface area contributed by atoms with Crippen LogP contribution in [0.3, 0.4) is 0 Å². The van der Waals surface area contributed by atoms with Gasteiger partial charge in [0.15, 0.2) is 5.65 Å². The molecule has 0 saturated carbocycles. The van der Waals surface area contributed by atoms with Crippen LogP contribution in [-0.4, -0.2) is 33.9 Å². The van der Waals surface area contributed by atoms with Crippen molar-refractivity contribution in [3.63, 3.8) is 0 Å². The van der Waals surface area contributed by atoms with Crippen molar-refractivity contribution in [2.24, 2.45) is 7.05 Å². The van der Waals surface area contributed by atoms with Gasteiger partial charge in [-0.05, 0) is 6.07 Å². The molecular formula is C15H18N6O. The maximum atomic E-state index is 5.37. The van der Waals surface area contributed by atoms with Crippen molar-refractivity contribution in [3.05, 3.63) is 36.0 Å². The molecule has 0 saturated heterocycles. The van der Waals surface area contributed by atoms with Gasteiger partial charge in [-0.3, -0.25) is 4.68 Å². The first-order valence-electron chi connectivity index (χ1n) is 6.96. The van der Waals surface area contributed by atoms with E-state index in [2.05, 4.69) is 25.7 Å². The first-order chi connectivity index (χ1) is 10.7. The van der Waals surface area contributed by atoms with E-state index in [9.17, 15) is 0 Å². The van der Waals surface area contributed by atoms with E-state index in [1.165, 1.54) is 0 Å². The molecule has 0 amide bonds. The standard InChI is InChI=1S/C15H18N6O/c1-16-15-19-13(11-9-18-21(2)14(11)20-15)17-8-10-6-4-5-7-12(10)22-3/h4-7,9H,8H2,1-3H3,(H2,16,17,19,20). The Labute approximate surface area is 128 Å². The average Bonchev–Trinajstić information content (AvgIpc) is 2.94. The van der Waals surface area contributed by atoms with Crippen molar-refractivity contribution in [3.8, 4) is 5.75 Å². The van der Waals surface area contributed by atoms with Crippen LogP contribution in [0.25, 0.3) is 11.0 Å². The highest BCUT2D eigenvalue weighted by atomic mass is 16.5. The highest BCUT2D eigenvalue weighted by Gasteiger charge is 2.11. The van der Waals surface area contributed by atoms with E-state index in [1.54, 1.807) is 25.0 Å². The Kier molecular flexibility index (Phi) is 3.78. The molecule has 0 atom stereocenters. The lowest BCUT2D eigenvalue weighted by molar-refractivity contribution is 0.410. The lowest BCUT2D eigenvalue weighted by Crippen LogP contribution is -2.07. The number of benzene rings is 1. The molecule has 3 rings (SSSR count). The Hall–Kier alpha value is -2.83. The summed E-state index contributed by atoms with van der Waals surface area (Å²) in [6.45, 7) is 0.605. The van der Waals surface area contributed by atoms with Crippen molar-refractivity contribution in [2.45, 2.75) is 6.54 Å². The first kappa shape index (κ1) is 14.1. The smallest absolute Gasteiger partial charge is 0.226 e. The molecular weight excluding hydrogens is 280 g/mol. The SMILES string of the molecule is CNc1nc(NCc2ccccc2OC)c2cnn(C)c2n1. The highest BCUT2D eigenvalue weighted by molar-refractivity contribution is 5.87. The van der Waals surface area contributed by atoms with Crippen molar-refractivity contribution < 1.29 is 4.74 Å². The van der Waals surface area contributed by atoms with Gasteiger partial charge >= 0.3 is 0 Å². The summed E-state index contributed by atoms with van der Waals surface area (Å²) in [4.78, 5) is 8.89. The third kappa shape index (κ3) is 2.52. The van der Waals surface area contributed by atoms with Gasteiger partial charge in [-0.2, -0.15) is 15.1 Å². The van der Waals surface area contributed by atoms with Gasteiger partial charge in [0.1, 0.15) is 11.6 Å². The van der Waals surface area contributed by atoms with Gasteiger partial charge in [0.05, 0.1) is 18.7 Å². The monoisotopic (exact) mass is 298 g/mol. The molecule has 114 valence electrons. The number of ether oxygens (including phenoxy) is 1. The Morgan fingerprint density at radius 3 is 2.82 bits per heavy atom. The van der Waals surface area contributed by atoms with Crippen LogP contribution in [0.15, 0.2) is 30.5 Å². The molecule has 2 heterocycles. The van der Waals surface area contributed by atoms with E-state index < -0.39 is 0 Å². The molecule has 0 bridgehead atoms. The van der Waals surface area contributed by atoms with E-state index in [-0.39, 0.29) is 0 Å². The second kappa shape index (κ2) is 5.88. The van der Waals surface area contributed by atoms with Gasteiger partial charge in [0.25, 0.3) is 0 Å². The zero-order valence-electron chi connectivity index (χ0n) is 12.8. The molecule has 0 aliphatic heterocycles. The predicted octanol–water partition coefficient (Wildman–Crippen LogP) is 2.03. The number of rotatable bonds is 5. The number of aromatic nitrogens is 4. The Balaban J connectivity index is 1.93. The van der Waals surface area contributed by atoms with Crippen molar-refractivity contribution in [2.75, 3.05) is 24.8 Å². The minimum Gasteiger partial charge on any atom is -0.496 e. The number of fused-ring (bicyclic) bond motifs is 1. The Morgan fingerprint density at radius 1 is 1.23 bits per heavy atom. The number of methoxy groups -OCH3 is 1. The topological polar surface area (TPSA) is 76.9 Å². The third-order valence-electron chi connectivity index (χ3n) is 3.45. The minimum absolute atomic E-state index is 0.554. The maximum absolute atomic E-state index is 5.37. The molecule has 2 N–H and O–H groups in total. The van der Waals surface area contributed by atoms with Crippen LogP contribution in [0.1, 0.15) is 5.56 Å². The zero-order chi connectivity index (χ0) is 15.5. The summed E-state index contributed by atoms with van der Waals surface area (Å²) in [5.41, 5.74) is 1.84. The molecule has 2 aromatic heterocycles. The molecule has 0 spiro atoms. The first-order valence-corrected chi connectivity index (χ1v) is 6.96. The second-order valence-corrected chi connectivity index (χ2v) is 4.82. The van der Waals surface area contributed by atoms with Crippen LogP contribution in [0, 0.1) is 0 Å². The molecule has 0 unspecified atom stereocenters. The fraction of sp³-hybridized carbons (Fsp3) is 0.267. The van der Waals surface area contributed by atoms with Crippen LogP contribution >= 0.6 is 0 Å². The summed E-state index contributed by atoms with van der Waals surface area (Å²) in [5.74, 6) is 2.15. The summed E-state index contributed by atoms with van der Waals surface area (Å²) in [7, 11) is 5.32. The van der Waals surface area contributed by atoms with Crippen LogP contribution in [0.4, 0.5) is 11.8 Å². The molecule has 0 radical (unpaired) electrons. The van der Waals surface area contributed by atoms with Crippen LogP contribution in [-0.2, 0) is 13.6 Å². The van der Waals surface area contributed by atoms with Gasteiger partial charge in [-0.1, -0.05) is 18.2 Å². The molecule has 7 nitrogen and oxygen atoms in total. The van der Waals surface area contributed by atoms with Gasteiger partial charge < -0.3 is 15.4 Å². The minimum atomic E-state index is 0.554. The Bertz CT molecular complexity index is 798. The number of aryl methyl sites for hydroxylation is 1. The molecule has 7 heteroatoms. The number of nitrogens with one attached hydrogen (secondary N) is 2. The van der Waals surface area contributed by atoms with E-state index in [4.69, 9.17) is 4.74 Å². The van der Waals surface area contributed by atoms with Gasteiger partial charge in [0, 0.05) is 26.2 Å². The second-order valence-electron chi connectivity index (χ2n) is 4.82. The number of hydrogen-bond donors (Lipinski definition) is 2. The van der Waals surface area contributed by atoms with Crippen LogP contribution in [0.2, 0.25) is 0 Å². The fourth-order valence-corrected chi connectivity index (χ4v) is 2.30. The Morgan fingerprint density at radius 2 is 2.05 bits per heavy atom.